The number of benzene rings is 1. The molecular weight excluding hydrogens is 332 g/mol. The van der Waals surface area contributed by atoms with Gasteiger partial charge in [-0.05, 0) is 37.3 Å². The van der Waals surface area contributed by atoms with Gasteiger partial charge in [0.1, 0.15) is 0 Å². The van der Waals surface area contributed by atoms with Gasteiger partial charge in [0.25, 0.3) is 5.91 Å². The summed E-state index contributed by atoms with van der Waals surface area (Å²) in [7, 11) is 0. The monoisotopic (exact) mass is 354 g/mol. The van der Waals surface area contributed by atoms with Crippen molar-refractivity contribution in [2.24, 2.45) is 0 Å². The second kappa shape index (κ2) is 7.70. The Kier molecular flexibility index (Phi) is 5.38. The molecule has 0 radical (unpaired) electrons. The summed E-state index contributed by atoms with van der Waals surface area (Å²) in [6.07, 6.45) is 6.32. The minimum Gasteiger partial charge on any atom is -0.334 e. The summed E-state index contributed by atoms with van der Waals surface area (Å²) >= 11 is 1.72. The molecule has 0 aliphatic carbocycles. The summed E-state index contributed by atoms with van der Waals surface area (Å²) in [6, 6.07) is 10.2. The van der Waals surface area contributed by atoms with Gasteiger partial charge in [0, 0.05) is 30.2 Å². The zero-order valence-electron chi connectivity index (χ0n) is 14.8. The summed E-state index contributed by atoms with van der Waals surface area (Å²) in [5.41, 5.74) is 3.30. The Balaban J connectivity index is 1.87. The molecule has 0 bridgehead atoms. The highest BCUT2D eigenvalue weighted by Crippen LogP contribution is 2.18. The molecule has 0 spiro atoms. The number of hydrogen-bond acceptors (Lipinski definition) is 4. The Hall–Kier alpha value is -2.34. The van der Waals surface area contributed by atoms with Crippen molar-refractivity contribution in [3.8, 4) is 0 Å². The number of thioether (sulfide) groups is 1. The fourth-order valence-corrected chi connectivity index (χ4v) is 3.25. The van der Waals surface area contributed by atoms with E-state index < -0.39 is 0 Å². The third-order valence-electron chi connectivity index (χ3n) is 4.20. The summed E-state index contributed by atoms with van der Waals surface area (Å²) in [6.45, 7) is 5.29. The number of nitrogens with zero attached hydrogens (tertiary/aromatic N) is 4. The van der Waals surface area contributed by atoms with Crippen molar-refractivity contribution in [1.29, 1.82) is 0 Å². The number of aromatic nitrogens is 3. The molecule has 3 aromatic rings. The Morgan fingerprint density at radius 3 is 2.68 bits per heavy atom. The Morgan fingerprint density at radius 2 is 2.00 bits per heavy atom. The van der Waals surface area contributed by atoms with Crippen molar-refractivity contribution in [2.75, 3.05) is 12.8 Å². The topological polar surface area (TPSA) is 50.5 Å². The van der Waals surface area contributed by atoms with Crippen LogP contribution in [0.2, 0.25) is 0 Å². The van der Waals surface area contributed by atoms with Crippen LogP contribution >= 0.6 is 11.8 Å². The van der Waals surface area contributed by atoms with Crippen molar-refractivity contribution in [3.05, 3.63) is 59.5 Å². The zero-order valence-corrected chi connectivity index (χ0v) is 15.6. The molecule has 1 amide bonds. The standard InChI is InChI=1S/C19H22N4OS/c1-4-11-22(13-15-5-7-16(25-3)8-6-15)19(24)17-12-20-18-9-10-21-23(18)14(17)2/h5-10,12H,4,11,13H2,1-3H3. The second-order valence-electron chi connectivity index (χ2n) is 5.93. The smallest absolute Gasteiger partial charge is 0.257 e. The van der Waals surface area contributed by atoms with Crippen molar-refractivity contribution in [3.63, 3.8) is 0 Å². The van der Waals surface area contributed by atoms with Crippen LogP contribution < -0.4 is 0 Å². The predicted molar refractivity (Wildman–Crippen MR) is 101 cm³/mol. The minimum atomic E-state index is -0.00167. The van der Waals surface area contributed by atoms with Crippen LogP contribution in [0.3, 0.4) is 0 Å². The van der Waals surface area contributed by atoms with Gasteiger partial charge in [0.15, 0.2) is 5.65 Å². The molecule has 3 rings (SSSR count). The number of hydrogen-bond donors (Lipinski definition) is 0. The molecule has 2 heterocycles. The summed E-state index contributed by atoms with van der Waals surface area (Å²) in [5.74, 6) is -0.00167. The van der Waals surface area contributed by atoms with Gasteiger partial charge in [-0.3, -0.25) is 4.79 Å². The molecule has 25 heavy (non-hydrogen) atoms. The fourth-order valence-electron chi connectivity index (χ4n) is 2.84. The van der Waals surface area contributed by atoms with Gasteiger partial charge in [-0.1, -0.05) is 19.1 Å². The lowest BCUT2D eigenvalue weighted by Crippen LogP contribution is -2.32. The van der Waals surface area contributed by atoms with Crippen LogP contribution in [0.4, 0.5) is 0 Å². The molecule has 0 unspecified atom stereocenters. The van der Waals surface area contributed by atoms with Crippen LogP contribution in [-0.4, -0.2) is 38.2 Å². The lowest BCUT2D eigenvalue weighted by molar-refractivity contribution is 0.0741. The number of amides is 1. The van der Waals surface area contributed by atoms with E-state index in [-0.39, 0.29) is 5.91 Å². The number of carbonyl (C=O) groups is 1. The fraction of sp³-hybridized carbons (Fsp3) is 0.316. The first-order valence-electron chi connectivity index (χ1n) is 8.35. The highest BCUT2D eigenvalue weighted by Gasteiger charge is 2.19. The predicted octanol–water partition coefficient (Wildman–Crippen LogP) is 3.81. The van der Waals surface area contributed by atoms with Crippen molar-refractivity contribution >= 4 is 23.3 Å². The van der Waals surface area contributed by atoms with Crippen molar-refractivity contribution in [1.82, 2.24) is 19.5 Å². The molecule has 0 N–H and O–H groups in total. The summed E-state index contributed by atoms with van der Waals surface area (Å²) in [4.78, 5) is 20.5. The first kappa shape index (κ1) is 17.5. The van der Waals surface area contributed by atoms with E-state index in [0.29, 0.717) is 18.7 Å². The van der Waals surface area contributed by atoms with E-state index in [9.17, 15) is 4.79 Å². The Morgan fingerprint density at radius 1 is 1.24 bits per heavy atom. The lowest BCUT2D eigenvalue weighted by Gasteiger charge is -2.23. The molecule has 0 fully saturated rings. The van der Waals surface area contributed by atoms with E-state index in [2.05, 4.69) is 47.5 Å². The van der Waals surface area contributed by atoms with E-state index in [4.69, 9.17) is 0 Å². The lowest BCUT2D eigenvalue weighted by atomic mass is 10.1. The third kappa shape index (κ3) is 3.69. The summed E-state index contributed by atoms with van der Waals surface area (Å²) in [5, 5.41) is 4.25. The number of fused-ring (bicyclic) bond motifs is 1. The molecular formula is C19H22N4OS. The number of carbonyl (C=O) groups excluding carboxylic acids is 1. The number of aryl methyl sites for hydroxylation is 1. The summed E-state index contributed by atoms with van der Waals surface area (Å²) < 4.78 is 1.71. The highest BCUT2D eigenvalue weighted by molar-refractivity contribution is 7.98. The van der Waals surface area contributed by atoms with Gasteiger partial charge in [0.05, 0.1) is 17.5 Å². The van der Waals surface area contributed by atoms with E-state index >= 15 is 0 Å². The molecule has 0 aliphatic rings. The highest BCUT2D eigenvalue weighted by atomic mass is 32.2. The number of rotatable bonds is 6. The minimum absolute atomic E-state index is 0.00167. The Bertz CT molecular complexity index is 873. The van der Waals surface area contributed by atoms with Gasteiger partial charge in [0.2, 0.25) is 0 Å². The molecule has 130 valence electrons. The van der Waals surface area contributed by atoms with Crippen LogP contribution in [0.1, 0.15) is 35.0 Å². The van der Waals surface area contributed by atoms with Gasteiger partial charge < -0.3 is 4.90 Å². The molecule has 1 aromatic carbocycles. The molecule has 0 saturated heterocycles. The quantitative estimate of drug-likeness (QED) is 0.632. The first-order chi connectivity index (χ1) is 12.1. The van der Waals surface area contributed by atoms with Gasteiger partial charge >= 0.3 is 0 Å². The van der Waals surface area contributed by atoms with E-state index in [1.807, 2.05) is 17.9 Å². The van der Waals surface area contributed by atoms with Crippen LogP contribution in [0.5, 0.6) is 0 Å². The maximum Gasteiger partial charge on any atom is 0.257 e. The van der Waals surface area contributed by atoms with Crippen LogP contribution in [0, 0.1) is 6.92 Å². The maximum atomic E-state index is 13.1. The Labute approximate surface area is 152 Å². The molecule has 2 aromatic heterocycles. The van der Waals surface area contributed by atoms with Gasteiger partial charge in [-0.25, -0.2) is 9.50 Å². The molecule has 0 atom stereocenters. The van der Waals surface area contributed by atoms with E-state index in [0.717, 1.165) is 23.3 Å². The molecule has 6 heteroatoms. The van der Waals surface area contributed by atoms with Gasteiger partial charge in [-0.2, -0.15) is 5.10 Å². The first-order valence-corrected chi connectivity index (χ1v) is 9.58. The average Bonchev–Trinajstić information content (AvgIpc) is 3.11. The second-order valence-corrected chi connectivity index (χ2v) is 6.81. The van der Waals surface area contributed by atoms with E-state index in [1.54, 1.807) is 28.7 Å². The molecule has 0 aliphatic heterocycles. The average molecular weight is 354 g/mol. The van der Waals surface area contributed by atoms with Crippen LogP contribution in [-0.2, 0) is 6.54 Å². The van der Waals surface area contributed by atoms with Crippen molar-refractivity contribution < 1.29 is 4.79 Å². The maximum absolute atomic E-state index is 13.1. The normalized spacial score (nSPS) is 11.0. The van der Waals surface area contributed by atoms with Crippen LogP contribution in [0.15, 0.2) is 47.6 Å². The van der Waals surface area contributed by atoms with Gasteiger partial charge in [-0.15, -0.1) is 11.8 Å². The van der Waals surface area contributed by atoms with E-state index in [1.165, 1.54) is 4.90 Å². The van der Waals surface area contributed by atoms with Crippen LogP contribution in [0.25, 0.3) is 5.65 Å². The third-order valence-corrected chi connectivity index (χ3v) is 4.94. The molecule has 5 nitrogen and oxygen atoms in total. The zero-order chi connectivity index (χ0) is 17.8. The largest absolute Gasteiger partial charge is 0.334 e. The SMILES string of the molecule is CCCN(Cc1ccc(SC)cc1)C(=O)c1cnc2ccnn2c1C. The molecule has 0 saturated carbocycles. The van der Waals surface area contributed by atoms with Crippen molar-refractivity contribution in [2.45, 2.75) is 31.7 Å².